The summed E-state index contributed by atoms with van der Waals surface area (Å²) in [5.74, 6) is 1.47. The van der Waals surface area contributed by atoms with Gasteiger partial charge in [0.2, 0.25) is 12.7 Å². The third-order valence-corrected chi connectivity index (χ3v) is 3.06. The molecule has 5 nitrogen and oxygen atoms in total. The molecule has 0 saturated carbocycles. The van der Waals surface area contributed by atoms with Crippen LogP contribution in [0.25, 0.3) is 0 Å². The zero-order valence-electron chi connectivity index (χ0n) is 10.1. The van der Waals surface area contributed by atoms with E-state index in [4.69, 9.17) is 9.47 Å². The van der Waals surface area contributed by atoms with E-state index in [9.17, 15) is 4.79 Å². The Kier molecular flexibility index (Phi) is 4.43. The van der Waals surface area contributed by atoms with Crippen molar-refractivity contribution in [1.82, 2.24) is 10.6 Å². The number of carbonyl (C=O) groups is 1. The summed E-state index contributed by atoms with van der Waals surface area (Å²) in [5, 5.41) is 5.80. The fourth-order valence-electron chi connectivity index (χ4n) is 1.70. The van der Waals surface area contributed by atoms with Gasteiger partial charge in [0.25, 0.3) is 0 Å². The van der Waals surface area contributed by atoms with Gasteiger partial charge in [0.15, 0.2) is 11.5 Å². The summed E-state index contributed by atoms with van der Waals surface area (Å²) >= 11 is 3.43. The molecule has 0 bridgehead atoms. The van der Waals surface area contributed by atoms with Crippen molar-refractivity contribution in [1.29, 1.82) is 0 Å². The van der Waals surface area contributed by atoms with Gasteiger partial charge in [0, 0.05) is 13.1 Å². The standard InChI is InChI=1S/C12H15BrN2O3/c1-2-15-11(16)6-14-5-8-3-9(13)12-10(4-8)17-7-18-12/h3-4,14H,2,5-7H2,1H3,(H,15,16). The zero-order chi connectivity index (χ0) is 13.0. The number of rotatable bonds is 5. The van der Waals surface area contributed by atoms with Crippen molar-refractivity contribution in [3.63, 3.8) is 0 Å². The number of amides is 1. The van der Waals surface area contributed by atoms with E-state index in [1.165, 1.54) is 0 Å². The van der Waals surface area contributed by atoms with E-state index < -0.39 is 0 Å². The summed E-state index contributed by atoms with van der Waals surface area (Å²) in [4.78, 5) is 11.3. The second-order valence-corrected chi connectivity index (χ2v) is 4.72. The summed E-state index contributed by atoms with van der Waals surface area (Å²) in [6.07, 6.45) is 0. The molecule has 0 aliphatic carbocycles. The van der Waals surface area contributed by atoms with Crippen molar-refractivity contribution in [3.8, 4) is 11.5 Å². The molecule has 1 amide bonds. The summed E-state index contributed by atoms with van der Waals surface area (Å²) in [6, 6.07) is 3.87. The average Bonchev–Trinajstić information content (AvgIpc) is 2.78. The molecule has 0 spiro atoms. The van der Waals surface area contributed by atoms with E-state index in [-0.39, 0.29) is 12.7 Å². The first kappa shape index (κ1) is 13.2. The average molecular weight is 315 g/mol. The van der Waals surface area contributed by atoms with Gasteiger partial charge in [-0.3, -0.25) is 4.79 Å². The Morgan fingerprint density at radius 3 is 3.06 bits per heavy atom. The molecule has 1 aliphatic rings. The van der Waals surface area contributed by atoms with Gasteiger partial charge in [-0.2, -0.15) is 0 Å². The van der Waals surface area contributed by atoms with Crippen LogP contribution >= 0.6 is 15.9 Å². The van der Waals surface area contributed by atoms with Crippen LogP contribution < -0.4 is 20.1 Å². The van der Waals surface area contributed by atoms with E-state index in [1.54, 1.807) is 0 Å². The molecule has 2 rings (SSSR count). The van der Waals surface area contributed by atoms with Gasteiger partial charge in [-0.1, -0.05) is 0 Å². The molecule has 1 aromatic rings. The number of likely N-dealkylation sites (N-methyl/N-ethyl adjacent to an activating group) is 1. The second-order valence-electron chi connectivity index (χ2n) is 3.87. The summed E-state index contributed by atoms with van der Waals surface area (Å²) in [6.45, 7) is 3.71. The zero-order valence-corrected chi connectivity index (χ0v) is 11.7. The molecule has 0 unspecified atom stereocenters. The largest absolute Gasteiger partial charge is 0.454 e. The summed E-state index contributed by atoms with van der Waals surface area (Å²) in [7, 11) is 0. The van der Waals surface area contributed by atoms with Crippen molar-refractivity contribution in [2.45, 2.75) is 13.5 Å². The van der Waals surface area contributed by atoms with Crippen LogP contribution in [0.3, 0.4) is 0 Å². The Hall–Kier alpha value is -1.27. The second kappa shape index (κ2) is 6.06. The molecule has 1 aromatic carbocycles. The Balaban J connectivity index is 1.90. The van der Waals surface area contributed by atoms with E-state index in [0.717, 1.165) is 21.5 Å². The van der Waals surface area contributed by atoms with Crippen molar-refractivity contribution in [3.05, 3.63) is 22.2 Å². The lowest BCUT2D eigenvalue weighted by Gasteiger charge is -2.07. The maximum atomic E-state index is 11.3. The maximum Gasteiger partial charge on any atom is 0.233 e. The quantitative estimate of drug-likeness (QED) is 0.862. The van der Waals surface area contributed by atoms with Gasteiger partial charge in [0.1, 0.15) is 0 Å². The van der Waals surface area contributed by atoms with Gasteiger partial charge >= 0.3 is 0 Å². The highest BCUT2D eigenvalue weighted by Gasteiger charge is 2.17. The van der Waals surface area contributed by atoms with Crippen LogP contribution in [0, 0.1) is 0 Å². The van der Waals surface area contributed by atoms with Gasteiger partial charge in [0.05, 0.1) is 11.0 Å². The third kappa shape index (κ3) is 3.14. The number of ether oxygens (including phenoxy) is 2. The highest BCUT2D eigenvalue weighted by molar-refractivity contribution is 9.10. The van der Waals surface area contributed by atoms with Crippen molar-refractivity contribution in [2.24, 2.45) is 0 Å². The number of hydrogen-bond acceptors (Lipinski definition) is 4. The van der Waals surface area contributed by atoms with E-state index in [1.807, 2.05) is 19.1 Å². The molecular weight excluding hydrogens is 300 g/mol. The Bertz CT molecular complexity index is 451. The van der Waals surface area contributed by atoms with Crippen molar-refractivity contribution in [2.75, 3.05) is 19.9 Å². The molecule has 0 saturated heterocycles. The summed E-state index contributed by atoms with van der Waals surface area (Å²) < 4.78 is 11.5. The predicted molar refractivity (Wildman–Crippen MR) is 70.7 cm³/mol. The fourth-order valence-corrected chi connectivity index (χ4v) is 2.31. The van der Waals surface area contributed by atoms with Crippen LogP contribution in [-0.4, -0.2) is 25.8 Å². The van der Waals surface area contributed by atoms with Gasteiger partial charge in [-0.15, -0.1) is 0 Å². The monoisotopic (exact) mass is 314 g/mol. The molecule has 0 fully saturated rings. The van der Waals surface area contributed by atoms with Crippen molar-refractivity contribution >= 4 is 21.8 Å². The lowest BCUT2D eigenvalue weighted by atomic mass is 10.2. The van der Waals surface area contributed by atoms with Gasteiger partial charge in [-0.05, 0) is 40.5 Å². The molecule has 18 heavy (non-hydrogen) atoms. The SMILES string of the molecule is CCNC(=O)CNCc1cc(Br)c2c(c1)OCO2. The molecule has 1 aliphatic heterocycles. The van der Waals surface area contributed by atoms with E-state index in [2.05, 4.69) is 26.6 Å². The number of halogens is 1. The van der Waals surface area contributed by atoms with Crippen LogP contribution in [-0.2, 0) is 11.3 Å². The lowest BCUT2D eigenvalue weighted by molar-refractivity contribution is -0.120. The van der Waals surface area contributed by atoms with Crippen LogP contribution in [0.4, 0.5) is 0 Å². The minimum atomic E-state index is -0.00249. The molecular formula is C12H15BrN2O3. The molecule has 6 heteroatoms. The maximum absolute atomic E-state index is 11.3. The van der Waals surface area contributed by atoms with Crippen molar-refractivity contribution < 1.29 is 14.3 Å². The fraction of sp³-hybridized carbons (Fsp3) is 0.417. The molecule has 1 heterocycles. The lowest BCUT2D eigenvalue weighted by Crippen LogP contribution is -2.33. The van der Waals surface area contributed by atoms with Gasteiger partial charge < -0.3 is 20.1 Å². The topological polar surface area (TPSA) is 59.6 Å². The number of benzene rings is 1. The number of nitrogens with one attached hydrogen (secondary N) is 2. The highest BCUT2D eigenvalue weighted by Crippen LogP contribution is 2.39. The molecule has 0 radical (unpaired) electrons. The Morgan fingerprint density at radius 1 is 1.44 bits per heavy atom. The van der Waals surface area contributed by atoms with Crippen LogP contribution in [0.5, 0.6) is 11.5 Å². The van der Waals surface area contributed by atoms with E-state index >= 15 is 0 Å². The number of hydrogen-bond donors (Lipinski definition) is 2. The minimum absolute atomic E-state index is 0.00249. The molecule has 2 N–H and O–H groups in total. The molecule has 98 valence electrons. The molecule has 0 atom stereocenters. The first-order valence-corrected chi connectivity index (χ1v) is 6.55. The minimum Gasteiger partial charge on any atom is -0.454 e. The normalized spacial score (nSPS) is 12.6. The first-order chi connectivity index (χ1) is 8.70. The smallest absolute Gasteiger partial charge is 0.233 e. The van der Waals surface area contributed by atoms with Crippen LogP contribution in [0.2, 0.25) is 0 Å². The Morgan fingerprint density at radius 2 is 2.28 bits per heavy atom. The predicted octanol–water partition coefficient (Wildman–Crippen LogP) is 1.40. The number of fused-ring (bicyclic) bond motifs is 1. The molecule has 0 aromatic heterocycles. The number of carbonyl (C=O) groups excluding carboxylic acids is 1. The first-order valence-electron chi connectivity index (χ1n) is 5.76. The highest BCUT2D eigenvalue weighted by atomic mass is 79.9. The van der Waals surface area contributed by atoms with E-state index in [0.29, 0.717) is 19.6 Å². The van der Waals surface area contributed by atoms with Crippen LogP contribution in [0.1, 0.15) is 12.5 Å². The van der Waals surface area contributed by atoms with Gasteiger partial charge in [-0.25, -0.2) is 0 Å². The Labute approximate surface area is 114 Å². The third-order valence-electron chi connectivity index (χ3n) is 2.48. The summed E-state index contributed by atoms with van der Waals surface area (Å²) in [5.41, 5.74) is 1.04. The van der Waals surface area contributed by atoms with Crippen LogP contribution in [0.15, 0.2) is 16.6 Å².